The van der Waals surface area contributed by atoms with Crippen LogP contribution < -0.4 is 4.74 Å². The molecule has 3 aromatic carbocycles. The number of hydrogen-bond donors (Lipinski definition) is 0. The van der Waals surface area contributed by atoms with Crippen LogP contribution in [0.3, 0.4) is 0 Å². The molecule has 0 N–H and O–H groups in total. The first kappa shape index (κ1) is 20.2. The molecular weight excluding hydrogens is 420 g/mol. The normalized spacial score (nSPS) is 15.6. The summed E-state index contributed by atoms with van der Waals surface area (Å²) in [5, 5.41) is 10.6. The van der Waals surface area contributed by atoms with Gasteiger partial charge in [0.15, 0.2) is 6.61 Å². The molecule has 0 spiro atoms. The van der Waals surface area contributed by atoms with Gasteiger partial charge in [0, 0.05) is 22.4 Å². The van der Waals surface area contributed by atoms with Crippen LogP contribution in [0, 0.1) is 0 Å². The Morgan fingerprint density at radius 3 is 2.75 bits per heavy atom. The van der Waals surface area contributed by atoms with Crippen LogP contribution in [0.25, 0.3) is 10.8 Å². The molecule has 32 heavy (non-hydrogen) atoms. The van der Waals surface area contributed by atoms with Crippen LogP contribution in [0.2, 0.25) is 0 Å². The van der Waals surface area contributed by atoms with E-state index in [0.717, 1.165) is 33.2 Å². The Labute approximate surface area is 189 Å². The minimum absolute atomic E-state index is 0.156. The van der Waals surface area contributed by atoms with E-state index in [1.54, 1.807) is 40.6 Å². The molecule has 0 fully saturated rings. The number of thiophene rings is 1. The zero-order valence-electron chi connectivity index (χ0n) is 17.2. The molecule has 158 valence electrons. The van der Waals surface area contributed by atoms with Crippen LogP contribution in [-0.2, 0) is 4.79 Å². The Balaban J connectivity index is 1.44. The number of carbonyl (C=O) groups is 2. The second-order valence-electron chi connectivity index (χ2n) is 7.53. The van der Waals surface area contributed by atoms with E-state index >= 15 is 0 Å². The summed E-state index contributed by atoms with van der Waals surface area (Å²) in [4.78, 5) is 25.2. The van der Waals surface area contributed by atoms with E-state index in [4.69, 9.17) is 9.84 Å². The second kappa shape index (κ2) is 8.77. The maximum atomic E-state index is 13.1. The number of ether oxygens (including phenoxy) is 1. The number of aldehydes is 1. The molecule has 0 aliphatic carbocycles. The minimum Gasteiger partial charge on any atom is -0.484 e. The standard InChI is InChI=1S/C26H20N2O3S/c29-16-18-6-3-9-20(14-18)31-17-26(30)28-24(25-12-5-13-32-25)15-23(27-28)22-11-4-8-19-7-1-2-10-21(19)22/h1-14,16,24H,15,17H2. The smallest absolute Gasteiger partial charge is 0.281 e. The van der Waals surface area contributed by atoms with Crippen molar-refractivity contribution in [3.63, 3.8) is 0 Å². The zero-order valence-corrected chi connectivity index (χ0v) is 18.0. The van der Waals surface area contributed by atoms with Crippen molar-refractivity contribution in [2.75, 3.05) is 6.61 Å². The van der Waals surface area contributed by atoms with Gasteiger partial charge < -0.3 is 4.74 Å². The summed E-state index contributed by atoms with van der Waals surface area (Å²) in [6.45, 7) is -0.156. The van der Waals surface area contributed by atoms with Crippen molar-refractivity contribution in [1.82, 2.24) is 5.01 Å². The fourth-order valence-electron chi connectivity index (χ4n) is 3.97. The Morgan fingerprint density at radius 1 is 1.06 bits per heavy atom. The quantitative estimate of drug-likeness (QED) is 0.374. The zero-order chi connectivity index (χ0) is 21.9. The number of carbonyl (C=O) groups excluding carboxylic acids is 2. The van der Waals surface area contributed by atoms with Gasteiger partial charge in [0.2, 0.25) is 0 Å². The molecule has 1 amide bonds. The number of benzene rings is 3. The molecule has 4 aromatic rings. The van der Waals surface area contributed by atoms with Gasteiger partial charge in [-0.3, -0.25) is 9.59 Å². The molecule has 5 nitrogen and oxygen atoms in total. The molecule has 1 unspecified atom stereocenters. The monoisotopic (exact) mass is 440 g/mol. The third kappa shape index (κ3) is 3.92. The highest BCUT2D eigenvalue weighted by atomic mass is 32.1. The Hall–Kier alpha value is -3.77. The molecule has 0 bridgehead atoms. The van der Waals surface area contributed by atoms with Crippen LogP contribution in [0.4, 0.5) is 0 Å². The topological polar surface area (TPSA) is 59.0 Å². The van der Waals surface area contributed by atoms with Gasteiger partial charge in [0.25, 0.3) is 5.91 Å². The van der Waals surface area contributed by atoms with Crippen LogP contribution in [0.15, 0.2) is 89.3 Å². The Bertz CT molecular complexity index is 1310. The number of rotatable bonds is 6. The number of amides is 1. The van der Waals surface area contributed by atoms with Gasteiger partial charge in [-0.15, -0.1) is 11.3 Å². The molecule has 1 atom stereocenters. The van der Waals surface area contributed by atoms with Gasteiger partial charge in [0.05, 0.1) is 11.8 Å². The van der Waals surface area contributed by atoms with E-state index in [2.05, 4.69) is 24.3 Å². The molecule has 0 radical (unpaired) electrons. The number of hydrogen-bond acceptors (Lipinski definition) is 5. The third-order valence-corrected chi connectivity index (χ3v) is 6.47. The first-order valence-corrected chi connectivity index (χ1v) is 11.2. The summed E-state index contributed by atoms with van der Waals surface area (Å²) in [5.41, 5.74) is 2.43. The molecule has 5 rings (SSSR count). The molecular formula is C26H20N2O3S. The maximum absolute atomic E-state index is 13.1. The van der Waals surface area contributed by atoms with E-state index in [0.29, 0.717) is 17.7 Å². The molecule has 1 aliphatic heterocycles. The lowest BCUT2D eigenvalue weighted by Crippen LogP contribution is -2.31. The average molecular weight is 441 g/mol. The van der Waals surface area contributed by atoms with Gasteiger partial charge in [-0.2, -0.15) is 5.10 Å². The molecule has 1 aromatic heterocycles. The van der Waals surface area contributed by atoms with Crippen LogP contribution >= 0.6 is 11.3 Å². The first-order valence-electron chi connectivity index (χ1n) is 10.3. The third-order valence-electron chi connectivity index (χ3n) is 5.49. The van der Waals surface area contributed by atoms with Crippen molar-refractivity contribution < 1.29 is 14.3 Å². The summed E-state index contributed by atoms with van der Waals surface area (Å²) < 4.78 is 5.68. The van der Waals surface area contributed by atoms with Crippen LogP contribution in [0.1, 0.15) is 33.3 Å². The van der Waals surface area contributed by atoms with E-state index in [9.17, 15) is 9.59 Å². The van der Waals surface area contributed by atoms with Crippen LogP contribution in [-0.4, -0.2) is 29.5 Å². The fraction of sp³-hybridized carbons (Fsp3) is 0.115. The number of hydrazone groups is 1. The van der Waals surface area contributed by atoms with E-state index in [1.807, 2.05) is 35.7 Å². The van der Waals surface area contributed by atoms with Gasteiger partial charge in [-0.25, -0.2) is 5.01 Å². The predicted octanol–water partition coefficient (Wildman–Crippen LogP) is 5.47. The van der Waals surface area contributed by atoms with Gasteiger partial charge >= 0.3 is 0 Å². The second-order valence-corrected chi connectivity index (χ2v) is 8.51. The largest absolute Gasteiger partial charge is 0.484 e. The highest BCUT2D eigenvalue weighted by Gasteiger charge is 2.34. The molecule has 1 aliphatic rings. The molecule has 6 heteroatoms. The highest BCUT2D eigenvalue weighted by molar-refractivity contribution is 7.10. The number of fused-ring (bicyclic) bond motifs is 1. The van der Waals surface area contributed by atoms with Crippen molar-refractivity contribution in [3.8, 4) is 5.75 Å². The molecule has 0 saturated carbocycles. The SMILES string of the molecule is O=Cc1cccc(OCC(=O)N2N=C(c3cccc4ccccc34)CC2c2cccs2)c1. The predicted molar refractivity (Wildman–Crippen MR) is 126 cm³/mol. The van der Waals surface area contributed by atoms with E-state index in [1.165, 1.54) is 0 Å². The summed E-state index contributed by atoms with van der Waals surface area (Å²) in [7, 11) is 0. The fourth-order valence-corrected chi connectivity index (χ4v) is 4.78. The van der Waals surface area contributed by atoms with Gasteiger partial charge in [-0.05, 0) is 34.4 Å². The van der Waals surface area contributed by atoms with Gasteiger partial charge in [0.1, 0.15) is 12.0 Å². The van der Waals surface area contributed by atoms with Crippen LogP contribution in [0.5, 0.6) is 5.75 Å². The summed E-state index contributed by atoms with van der Waals surface area (Å²) in [5.74, 6) is 0.253. The average Bonchev–Trinajstić information content (AvgIpc) is 3.52. The Morgan fingerprint density at radius 2 is 1.91 bits per heavy atom. The van der Waals surface area contributed by atoms with Crippen molar-refractivity contribution in [3.05, 3.63) is 100 Å². The van der Waals surface area contributed by atoms with E-state index < -0.39 is 0 Å². The summed E-state index contributed by atoms with van der Waals surface area (Å²) >= 11 is 1.61. The number of nitrogens with zero attached hydrogens (tertiary/aromatic N) is 2. The van der Waals surface area contributed by atoms with E-state index in [-0.39, 0.29) is 18.6 Å². The van der Waals surface area contributed by atoms with Crippen molar-refractivity contribution >= 4 is 40.0 Å². The van der Waals surface area contributed by atoms with Gasteiger partial charge in [-0.1, -0.05) is 60.7 Å². The van der Waals surface area contributed by atoms with Crippen molar-refractivity contribution in [2.45, 2.75) is 12.5 Å². The molecule has 2 heterocycles. The summed E-state index contributed by atoms with van der Waals surface area (Å²) in [6, 6.07) is 25.0. The maximum Gasteiger partial charge on any atom is 0.281 e. The minimum atomic E-state index is -0.227. The Kier molecular flexibility index (Phi) is 5.52. The summed E-state index contributed by atoms with van der Waals surface area (Å²) in [6.07, 6.45) is 1.39. The van der Waals surface area contributed by atoms with Crippen molar-refractivity contribution in [1.29, 1.82) is 0 Å². The lowest BCUT2D eigenvalue weighted by Gasteiger charge is -2.20. The lowest BCUT2D eigenvalue weighted by atomic mass is 9.97. The molecule has 0 saturated heterocycles. The highest BCUT2D eigenvalue weighted by Crippen LogP contribution is 2.36. The lowest BCUT2D eigenvalue weighted by molar-refractivity contribution is -0.135. The van der Waals surface area contributed by atoms with Crippen molar-refractivity contribution in [2.24, 2.45) is 5.10 Å². The first-order chi connectivity index (χ1) is 15.7.